The number of hydrogen-bond donors (Lipinski definition) is 0. The molecule has 0 N–H and O–H groups in total. The van der Waals surface area contributed by atoms with E-state index in [0.717, 1.165) is 131 Å². The molecule has 0 spiro atoms. The maximum atomic E-state index is 6.20. The zero-order chi connectivity index (χ0) is 32.1. The molecule has 4 heteroatoms. The smallest absolute Gasteiger partial charge is 0.135 e. The largest absolute Gasteiger partial charge is 0.492 e. The number of rotatable bonds is 14. The summed E-state index contributed by atoms with van der Waals surface area (Å²) in [6.07, 6.45) is 6.39. The standard InChI is InChI=1S/C22H26O2.C20H22O2/c1-3-5-15-23-21-17-11-7-9-13-19(17)22(24-16-6-4-2)20-14-10-8-12-18(20)21;1-3-13-21-19-15-9-5-7-11-17(15)20(22-14-4-2)18-12-8-6-10-16(18)19/h7-14H,3-6,15-16H2,1-2H3;5-12H,3-4,13-14H2,1-2H3. The van der Waals surface area contributed by atoms with Gasteiger partial charge in [0.1, 0.15) is 23.0 Å². The van der Waals surface area contributed by atoms with Crippen molar-refractivity contribution in [2.45, 2.75) is 66.2 Å². The fourth-order valence-electron chi connectivity index (χ4n) is 5.76. The molecular weight excluding hydrogens is 568 g/mol. The first-order valence-corrected chi connectivity index (χ1v) is 17.1. The predicted molar refractivity (Wildman–Crippen MR) is 195 cm³/mol. The summed E-state index contributed by atoms with van der Waals surface area (Å²) in [6, 6.07) is 33.5. The van der Waals surface area contributed by atoms with Gasteiger partial charge in [0.05, 0.1) is 26.4 Å². The maximum absolute atomic E-state index is 6.20. The first kappa shape index (κ1) is 32.9. The van der Waals surface area contributed by atoms with Crippen LogP contribution in [-0.4, -0.2) is 26.4 Å². The van der Waals surface area contributed by atoms with Crippen LogP contribution in [0.1, 0.15) is 66.2 Å². The number of unbranched alkanes of at least 4 members (excludes halogenated alkanes) is 2. The first-order chi connectivity index (χ1) is 22.7. The molecule has 0 heterocycles. The maximum Gasteiger partial charge on any atom is 0.135 e. The summed E-state index contributed by atoms with van der Waals surface area (Å²) in [5.74, 6) is 3.91. The fourth-order valence-corrected chi connectivity index (χ4v) is 5.76. The van der Waals surface area contributed by atoms with Crippen LogP contribution in [0.2, 0.25) is 0 Å². The summed E-state index contributed by atoms with van der Waals surface area (Å²) in [6.45, 7) is 11.6. The lowest BCUT2D eigenvalue weighted by Gasteiger charge is -2.17. The van der Waals surface area contributed by atoms with E-state index in [4.69, 9.17) is 18.9 Å². The number of benzene rings is 6. The molecule has 0 radical (unpaired) electrons. The molecule has 0 aliphatic rings. The van der Waals surface area contributed by atoms with Crippen LogP contribution in [0.15, 0.2) is 97.1 Å². The molecule has 240 valence electrons. The van der Waals surface area contributed by atoms with Gasteiger partial charge in [0.2, 0.25) is 0 Å². The van der Waals surface area contributed by atoms with Crippen molar-refractivity contribution in [1.82, 2.24) is 0 Å². The highest BCUT2D eigenvalue weighted by atomic mass is 16.5. The first-order valence-electron chi connectivity index (χ1n) is 17.1. The minimum Gasteiger partial charge on any atom is -0.492 e. The Balaban J connectivity index is 0.000000182. The molecule has 0 amide bonds. The van der Waals surface area contributed by atoms with Crippen LogP contribution in [0.3, 0.4) is 0 Å². The fraction of sp³-hybridized carbons (Fsp3) is 0.333. The van der Waals surface area contributed by atoms with Crippen LogP contribution in [0.4, 0.5) is 0 Å². The van der Waals surface area contributed by atoms with Crippen molar-refractivity contribution in [2.24, 2.45) is 0 Å². The van der Waals surface area contributed by atoms with Gasteiger partial charge < -0.3 is 18.9 Å². The molecule has 0 atom stereocenters. The summed E-state index contributed by atoms with van der Waals surface area (Å²) in [7, 11) is 0. The van der Waals surface area contributed by atoms with Gasteiger partial charge in [-0.2, -0.15) is 0 Å². The van der Waals surface area contributed by atoms with Crippen molar-refractivity contribution in [1.29, 1.82) is 0 Å². The van der Waals surface area contributed by atoms with Gasteiger partial charge in [0, 0.05) is 43.1 Å². The second kappa shape index (κ2) is 16.7. The van der Waals surface area contributed by atoms with Crippen LogP contribution in [0.5, 0.6) is 23.0 Å². The van der Waals surface area contributed by atoms with Crippen LogP contribution >= 0.6 is 0 Å². The Morgan fingerprint density at radius 1 is 0.304 bits per heavy atom. The van der Waals surface area contributed by atoms with E-state index < -0.39 is 0 Å². The van der Waals surface area contributed by atoms with E-state index in [-0.39, 0.29) is 0 Å². The molecule has 4 nitrogen and oxygen atoms in total. The third-order valence-corrected chi connectivity index (χ3v) is 8.05. The Morgan fingerprint density at radius 3 is 0.717 bits per heavy atom. The molecule has 0 bridgehead atoms. The summed E-state index contributed by atoms with van der Waals surface area (Å²) >= 11 is 0. The van der Waals surface area contributed by atoms with Crippen molar-refractivity contribution in [3.05, 3.63) is 97.1 Å². The summed E-state index contributed by atoms with van der Waals surface area (Å²) in [4.78, 5) is 0. The van der Waals surface area contributed by atoms with Crippen molar-refractivity contribution in [2.75, 3.05) is 26.4 Å². The van der Waals surface area contributed by atoms with Crippen molar-refractivity contribution >= 4 is 43.1 Å². The van der Waals surface area contributed by atoms with E-state index in [1.807, 2.05) is 0 Å². The highest BCUT2D eigenvalue weighted by molar-refractivity contribution is 6.12. The predicted octanol–water partition coefficient (Wildman–Crippen LogP) is 11.9. The Bertz CT molecular complexity index is 1610. The Labute approximate surface area is 274 Å². The molecule has 6 aromatic carbocycles. The lowest BCUT2D eigenvalue weighted by Crippen LogP contribution is -2.01. The van der Waals surface area contributed by atoms with E-state index in [1.165, 1.54) is 0 Å². The van der Waals surface area contributed by atoms with Crippen LogP contribution in [0.25, 0.3) is 43.1 Å². The van der Waals surface area contributed by atoms with Crippen molar-refractivity contribution < 1.29 is 18.9 Å². The number of hydrogen-bond acceptors (Lipinski definition) is 4. The second-order valence-electron chi connectivity index (χ2n) is 11.6. The Hall–Kier alpha value is -4.44. The molecule has 0 aliphatic carbocycles. The molecule has 0 saturated heterocycles. The van der Waals surface area contributed by atoms with Gasteiger partial charge in [-0.15, -0.1) is 0 Å². The van der Waals surface area contributed by atoms with E-state index in [9.17, 15) is 0 Å². The minimum atomic E-state index is 0.725. The normalized spacial score (nSPS) is 11.0. The van der Waals surface area contributed by atoms with Crippen LogP contribution in [0, 0.1) is 0 Å². The highest BCUT2D eigenvalue weighted by Gasteiger charge is 2.17. The molecule has 0 saturated carbocycles. The number of fused-ring (bicyclic) bond motifs is 4. The zero-order valence-corrected chi connectivity index (χ0v) is 27.9. The molecule has 6 aromatic rings. The van der Waals surface area contributed by atoms with Gasteiger partial charge >= 0.3 is 0 Å². The minimum absolute atomic E-state index is 0.725. The number of ether oxygens (including phenoxy) is 4. The molecule has 0 unspecified atom stereocenters. The van der Waals surface area contributed by atoms with Gasteiger partial charge in [-0.05, 0) is 25.7 Å². The Kier molecular flexibility index (Phi) is 12.0. The second-order valence-corrected chi connectivity index (χ2v) is 11.6. The van der Waals surface area contributed by atoms with E-state index in [2.05, 4.69) is 125 Å². The average Bonchev–Trinajstić information content (AvgIpc) is 3.11. The van der Waals surface area contributed by atoms with E-state index in [0.29, 0.717) is 0 Å². The average molecular weight is 617 g/mol. The van der Waals surface area contributed by atoms with Gasteiger partial charge in [-0.3, -0.25) is 0 Å². The third-order valence-electron chi connectivity index (χ3n) is 8.05. The molecule has 46 heavy (non-hydrogen) atoms. The van der Waals surface area contributed by atoms with Crippen LogP contribution < -0.4 is 18.9 Å². The monoisotopic (exact) mass is 616 g/mol. The van der Waals surface area contributed by atoms with E-state index in [1.54, 1.807) is 0 Å². The Morgan fingerprint density at radius 2 is 0.522 bits per heavy atom. The molecule has 0 aromatic heterocycles. The zero-order valence-electron chi connectivity index (χ0n) is 27.9. The SMILES string of the molecule is CCCCOc1c2ccccc2c(OCCCC)c2ccccc12.CCCOc1c2ccccc2c(OCCC)c2ccccc12. The molecule has 0 fully saturated rings. The molecular formula is C42H48O4. The lowest BCUT2D eigenvalue weighted by molar-refractivity contribution is 0.311. The molecule has 0 aliphatic heterocycles. The summed E-state index contributed by atoms with van der Waals surface area (Å²) in [5.41, 5.74) is 0. The van der Waals surface area contributed by atoms with E-state index >= 15 is 0 Å². The molecule has 6 rings (SSSR count). The quantitative estimate of drug-likeness (QED) is 0.0901. The van der Waals surface area contributed by atoms with Crippen LogP contribution in [-0.2, 0) is 0 Å². The van der Waals surface area contributed by atoms with Gasteiger partial charge in [-0.1, -0.05) is 138 Å². The van der Waals surface area contributed by atoms with Gasteiger partial charge in [-0.25, -0.2) is 0 Å². The van der Waals surface area contributed by atoms with Crippen molar-refractivity contribution in [3.8, 4) is 23.0 Å². The lowest BCUT2D eigenvalue weighted by atomic mass is 10.0. The van der Waals surface area contributed by atoms with Gasteiger partial charge in [0.15, 0.2) is 0 Å². The van der Waals surface area contributed by atoms with Gasteiger partial charge in [0.25, 0.3) is 0 Å². The topological polar surface area (TPSA) is 36.9 Å². The summed E-state index contributed by atoms with van der Waals surface area (Å²) < 4.78 is 24.6. The highest BCUT2D eigenvalue weighted by Crippen LogP contribution is 2.44. The van der Waals surface area contributed by atoms with Crippen molar-refractivity contribution in [3.63, 3.8) is 0 Å². The summed E-state index contributed by atoms with van der Waals surface area (Å²) in [5, 5.41) is 9.05. The third kappa shape index (κ3) is 7.33.